The summed E-state index contributed by atoms with van der Waals surface area (Å²) in [6.07, 6.45) is 8.33. The first kappa shape index (κ1) is 13.4. The van der Waals surface area contributed by atoms with E-state index in [2.05, 4.69) is 31.0 Å². The van der Waals surface area contributed by atoms with Crippen LogP contribution in [0.4, 0.5) is 0 Å². The average Bonchev–Trinajstić information content (AvgIpc) is 2.94. The minimum atomic E-state index is 0.799. The second kappa shape index (κ2) is 6.19. The number of hydrogen-bond donors (Lipinski definition) is 1. The van der Waals surface area contributed by atoms with Crippen molar-refractivity contribution >= 4 is 0 Å². The number of nitrogens with one attached hydrogen (secondary N) is 1. The van der Waals surface area contributed by atoms with E-state index in [-0.39, 0.29) is 0 Å². The largest absolute Gasteiger partial charge is 0.314 e. The average molecular weight is 238 g/mol. The molecule has 100 valence electrons. The van der Waals surface area contributed by atoms with E-state index >= 15 is 0 Å². The van der Waals surface area contributed by atoms with Crippen LogP contribution in [0.5, 0.6) is 0 Å². The Labute approximate surface area is 107 Å². The van der Waals surface area contributed by atoms with Gasteiger partial charge in [0, 0.05) is 18.1 Å². The summed E-state index contributed by atoms with van der Waals surface area (Å²) < 4.78 is 0. The molecule has 0 radical (unpaired) electrons. The fourth-order valence-electron chi connectivity index (χ4n) is 3.78. The van der Waals surface area contributed by atoms with E-state index in [1.165, 1.54) is 51.6 Å². The maximum Gasteiger partial charge on any atom is 0.0122 e. The van der Waals surface area contributed by atoms with Crippen molar-refractivity contribution in [1.29, 1.82) is 0 Å². The highest BCUT2D eigenvalue weighted by Gasteiger charge is 2.36. The summed E-state index contributed by atoms with van der Waals surface area (Å²) in [5, 5.41) is 3.70. The van der Waals surface area contributed by atoms with Crippen molar-refractivity contribution in [3.8, 4) is 0 Å². The maximum absolute atomic E-state index is 3.70. The highest BCUT2D eigenvalue weighted by molar-refractivity contribution is 4.93. The molecule has 0 aromatic carbocycles. The normalized spacial score (nSPS) is 34.9. The van der Waals surface area contributed by atoms with Gasteiger partial charge in [0.05, 0.1) is 0 Å². The van der Waals surface area contributed by atoms with Crippen LogP contribution in [0.25, 0.3) is 0 Å². The van der Waals surface area contributed by atoms with Gasteiger partial charge in [-0.25, -0.2) is 0 Å². The lowest BCUT2D eigenvalue weighted by Crippen LogP contribution is -2.41. The molecule has 3 unspecified atom stereocenters. The van der Waals surface area contributed by atoms with Crippen molar-refractivity contribution in [3.63, 3.8) is 0 Å². The number of likely N-dealkylation sites (tertiary alicyclic amines) is 1. The van der Waals surface area contributed by atoms with Crippen molar-refractivity contribution in [1.82, 2.24) is 10.2 Å². The van der Waals surface area contributed by atoms with E-state index < -0.39 is 0 Å². The van der Waals surface area contributed by atoms with Gasteiger partial charge in [-0.1, -0.05) is 20.8 Å². The minimum absolute atomic E-state index is 0.799. The van der Waals surface area contributed by atoms with Gasteiger partial charge in [0.1, 0.15) is 0 Å². The molecular weight excluding hydrogens is 208 g/mol. The Morgan fingerprint density at radius 1 is 1.24 bits per heavy atom. The Kier molecular flexibility index (Phi) is 4.87. The SMILES string of the molecule is CCCNC1CCC(N2CCCC2C(C)C)C1. The van der Waals surface area contributed by atoms with Crippen LogP contribution in [0, 0.1) is 5.92 Å². The van der Waals surface area contributed by atoms with E-state index in [4.69, 9.17) is 0 Å². The van der Waals surface area contributed by atoms with Gasteiger partial charge in [-0.3, -0.25) is 4.90 Å². The summed E-state index contributed by atoms with van der Waals surface area (Å²) in [4.78, 5) is 2.83. The molecule has 0 spiro atoms. The van der Waals surface area contributed by atoms with Crippen LogP contribution >= 0.6 is 0 Å². The molecule has 0 amide bonds. The minimum Gasteiger partial charge on any atom is -0.314 e. The molecule has 1 heterocycles. The molecule has 0 aromatic rings. The molecule has 1 aliphatic carbocycles. The Morgan fingerprint density at radius 3 is 2.76 bits per heavy atom. The summed E-state index contributed by atoms with van der Waals surface area (Å²) in [6, 6.07) is 2.54. The van der Waals surface area contributed by atoms with Crippen molar-refractivity contribution in [2.75, 3.05) is 13.1 Å². The zero-order valence-electron chi connectivity index (χ0n) is 11.9. The Hall–Kier alpha value is -0.0800. The smallest absolute Gasteiger partial charge is 0.0122 e. The van der Waals surface area contributed by atoms with Crippen LogP contribution < -0.4 is 5.32 Å². The van der Waals surface area contributed by atoms with Gasteiger partial charge in [-0.2, -0.15) is 0 Å². The number of nitrogens with zero attached hydrogens (tertiary/aromatic N) is 1. The first-order valence-electron chi connectivity index (χ1n) is 7.71. The van der Waals surface area contributed by atoms with E-state index in [0.717, 1.165) is 24.0 Å². The predicted octanol–water partition coefficient (Wildman–Crippen LogP) is 3.03. The van der Waals surface area contributed by atoms with Crippen molar-refractivity contribution < 1.29 is 0 Å². The highest BCUT2D eigenvalue weighted by Crippen LogP contribution is 2.33. The number of rotatable bonds is 5. The Bertz CT molecular complexity index is 227. The second-order valence-corrected chi connectivity index (χ2v) is 6.31. The Balaban J connectivity index is 1.83. The van der Waals surface area contributed by atoms with Crippen molar-refractivity contribution in [2.45, 2.75) is 77.4 Å². The summed E-state index contributed by atoms with van der Waals surface area (Å²) in [6.45, 7) is 9.60. The van der Waals surface area contributed by atoms with E-state index in [9.17, 15) is 0 Å². The molecule has 3 atom stereocenters. The molecule has 1 aliphatic heterocycles. The van der Waals surface area contributed by atoms with Crippen molar-refractivity contribution in [3.05, 3.63) is 0 Å². The van der Waals surface area contributed by atoms with Gasteiger partial charge in [-0.15, -0.1) is 0 Å². The molecule has 17 heavy (non-hydrogen) atoms. The standard InChI is InChI=1S/C15H30N2/c1-4-9-16-13-7-8-14(11-13)17-10-5-6-15(17)12(2)3/h12-16H,4-11H2,1-3H3. The highest BCUT2D eigenvalue weighted by atomic mass is 15.2. The lowest BCUT2D eigenvalue weighted by Gasteiger charge is -2.33. The summed E-state index contributed by atoms with van der Waals surface area (Å²) in [5.41, 5.74) is 0. The topological polar surface area (TPSA) is 15.3 Å². The second-order valence-electron chi connectivity index (χ2n) is 6.31. The van der Waals surface area contributed by atoms with Gasteiger partial charge in [-0.05, 0) is 57.5 Å². The lowest BCUT2D eigenvalue weighted by atomic mass is 10.0. The Morgan fingerprint density at radius 2 is 2.06 bits per heavy atom. The predicted molar refractivity (Wildman–Crippen MR) is 74.3 cm³/mol. The van der Waals surface area contributed by atoms with Crippen molar-refractivity contribution in [2.24, 2.45) is 5.92 Å². The van der Waals surface area contributed by atoms with Gasteiger partial charge >= 0.3 is 0 Å². The van der Waals surface area contributed by atoms with E-state index in [1.807, 2.05) is 0 Å². The van der Waals surface area contributed by atoms with Gasteiger partial charge in [0.2, 0.25) is 0 Å². The third kappa shape index (κ3) is 3.23. The maximum atomic E-state index is 3.70. The van der Waals surface area contributed by atoms with Gasteiger partial charge < -0.3 is 5.32 Å². The van der Waals surface area contributed by atoms with E-state index in [1.54, 1.807) is 0 Å². The molecule has 2 rings (SSSR count). The summed E-state index contributed by atoms with van der Waals surface area (Å²) >= 11 is 0. The molecule has 2 nitrogen and oxygen atoms in total. The fourth-order valence-corrected chi connectivity index (χ4v) is 3.78. The fraction of sp³-hybridized carbons (Fsp3) is 1.00. The monoisotopic (exact) mass is 238 g/mol. The van der Waals surface area contributed by atoms with Crippen LogP contribution in [0.15, 0.2) is 0 Å². The molecule has 0 bridgehead atoms. The van der Waals surface area contributed by atoms with Crippen LogP contribution in [-0.2, 0) is 0 Å². The van der Waals surface area contributed by atoms with Crippen LogP contribution in [-0.4, -0.2) is 36.1 Å². The third-order valence-electron chi connectivity index (χ3n) is 4.67. The summed E-state index contributed by atoms with van der Waals surface area (Å²) in [5.74, 6) is 0.833. The zero-order chi connectivity index (χ0) is 12.3. The number of hydrogen-bond acceptors (Lipinski definition) is 2. The third-order valence-corrected chi connectivity index (χ3v) is 4.67. The first-order valence-corrected chi connectivity index (χ1v) is 7.71. The lowest BCUT2D eigenvalue weighted by molar-refractivity contribution is 0.146. The van der Waals surface area contributed by atoms with Crippen LogP contribution in [0.2, 0.25) is 0 Å². The molecule has 1 saturated carbocycles. The molecule has 2 aliphatic rings. The first-order chi connectivity index (χ1) is 8.22. The molecule has 2 fully saturated rings. The van der Waals surface area contributed by atoms with Gasteiger partial charge in [0.15, 0.2) is 0 Å². The quantitative estimate of drug-likeness (QED) is 0.792. The zero-order valence-corrected chi connectivity index (χ0v) is 11.9. The van der Waals surface area contributed by atoms with Crippen LogP contribution in [0.3, 0.4) is 0 Å². The van der Waals surface area contributed by atoms with E-state index in [0.29, 0.717) is 0 Å². The molecule has 1 saturated heterocycles. The van der Waals surface area contributed by atoms with Gasteiger partial charge in [0.25, 0.3) is 0 Å². The van der Waals surface area contributed by atoms with Crippen LogP contribution in [0.1, 0.15) is 59.3 Å². The molecule has 1 N–H and O–H groups in total. The molecule has 2 heteroatoms. The molecular formula is C15H30N2. The molecule has 0 aromatic heterocycles. The summed E-state index contributed by atoms with van der Waals surface area (Å²) in [7, 11) is 0.